The molecule has 34 heavy (non-hydrogen) atoms. The number of esters is 2. The topological polar surface area (TPSA) is 71.1 Å². The molecule has 4 saturated carbocycles. The van der Waals surface area contributed by atoms with Crippen LogP contribution in [0.1, 0.15) is 52.4 Å². The van der Waals surface area contributed by atoms with Gasteiger partial charge in [-0.1, -0.05) is 0 Å². The molecule has 0 amide bonds. The van der Waals surface area contributed by atoms with Crippen molar-refractivity contribution in [3.63, 3.8) is 0 Å². The second-order valence-electron chi connectivity index (χ2n) is 14.3. The molecule has 8 heteroatoms. The standard InChI is InChI=1S/C26H44O6Si2/c1-23(32-34(7,8)9)15-25-14-16(23)10-11-17(25)26-13-12-18(31-33(4,5)6)24(2,22(28)30-26)20(26)19(25)21(27)29-3/h16-20H,10-15H2,1-9H3/t16-,17?,18+,19?,20?,23-,24?,25-,26-/m1/s1. The minimum atomic E-state index is -1.91. The van der Waals surface area contributed by atoms with Crippen LogP contribution in [0, 0.1) is 34.5 Å². The van der Waals surface area contributed by atoms with Crippen LogP contribution in [-0.2, 0) is 27.9 Å². The normalized spacial score (nSPS) is 49.4. The summed E-state index contributed by atoms with van der Waals surface area (Å²) in [5, 5.41) is 0. The maximum absolute atomic E-state index is 13.7. The monoisotopic (exact) mass is 508 g/mol. The molecule has 0 aromatic carbocycles. The Morgan fingerprint density at radius 3 is 2.29 bits per heavy atom. The van der Waals surface area contributed by atoms with Crippen molar-refractivity contribution >= 4 is 28.6 Å². The fourth-order valence-electron chi connectivity index (χ4n) is 9.58. The molecule has 1 aliphatic heterocycles. The minimum absolute atomic E-state index is 0.164. The van der Waals surface area contributed by atoms with Gasteiger partial charge in [0.15, 0.2) is 16.6 Å². The van der Waals surface area contributed by atoms with Crippen LogP contribution in [0.3, 0.4) is 0 Å². The van der Waals surface area contributed by atoms with Crippen molar-refractivity contribution in [1.29, 1.82) is 0 Å². The van der Waals surface area contributed by atoms with E-state index in [2.05, 4.69) is 46.2 Å². The number of hydrogen-bond acceptors (Lipinski definition) is 6. The fourth-order valence-corrected chi connectivity index (χ4v) is 12.4. The summed E-state index contributed by atoms with van der Waals surface area (Å²) in [7, 11) is -2.21. The molecule has 9 atom stereocenters. The minimum Gasteiger partial charge on any atom is -0.469 e. The van der Waals surface area contributed by atoms with Gasteiger partial charge in [-0.25, -0.2) is 0 Å². The molecule has 0 aromatic heterocycles. The molecule has 5 fully saturated rings. The SMILES string of the molecule is COC(=O)C1C2C3(C)C(=O)O[C@]2(CC[C@@H]3O[Si](C)(C)C)C2CC[C@@H]3C[C@]12C[C@@]3(C)O[Si](C)(C)C. The van der Waals surface area contributed by atoms with Gasteiger partial charge < -0.3 is 18.3 Å². The molecule has 1 heterocycles. The Hall–Kier alpha value is -0.706. The zero-order valence-corrected chi connectivity index (χ0v) is 24.6. The molecule has 0 aromatic rings. The highest BCUT2D eigenvalue weighted by Gasteiger charge is 2.84. The van der Waals surface area contributed by atoms with E-state index >= 15 is 0 Å². The average Bonchev–Trinajstić information content (AvgIpc) is 3.12. The zero-order valence-electron chi connectivity index (χ0n) is 22.6. The van der Waals surface area contributed by atoms with Crippen molar-refractivity contribution in [3.05, 3.63) is 0 Å². The van der Waals surface area contributed by atoms with Crippen LogP contribution >= 0.6 is 0 Å². The lowest BCUT2D eigenvalue weighted by atomic mass is 9.59. The third kappa shape index (κ3) is 3.16. The van der Waals surface area contributed by atoms with Crippen LogP contribution in [0.25, 0.3) is 0 Å². The van der Waals surface area contributed by atoms with E-state index < -0.39 is 27.7 Å². The van der Waals surface area contributed by atoms with Gasteiger partial charge in [0.25, 0.3) is 0 Å². The smallest absolute Gasteiger partial charge is 0.315 e. The van der Waals surface area contributed by atoms with Gasteiger partial charge in [-0.05, 0) is 103 Å². The molecule has 192 valence electrons. The van der Waals surface area contributed by atoms with Crippen molar-refractivity contribution in [3.8, 4) is 0 Å². The number of fused-ring (bicyclic) bond motifs is 1. The summed E-state index contributed by atoms with van der Waals surface area (Å²) in [6.45, 7) is 17.6. The second kappa shape index (κ2) is 7.20. The van der Waals surface area contributed by atoms with Crippen molar-refractivity contribution < 1.29 is 27.9 Å². The van der Waals surface area contributed by atoms with Crippen LogP contribution in [-0.4, -0.2) is 53.0 Å². The Bertz CT molecular complexity index is 910. The summed E-state index contributed by atoms with van der Waals surface area (Å²) in [6.07, 6.45) is 5.26. The zero-order chi connectivity index (χ0) is 25.1. The maximum atomic E-state index is 13.7. The Morgan fingerprint density at radius 1 is 1.03 bits per heavy atom. The fraction of sp³-hybridized carbons (Fsp3) is 0.923. The molecule has 5 aliphatic rings. The van der Waals surface area contributed by atoms with Crippen LogP contribution in [0.5, 0.6) is 0 Å². The van der Waals surface area contributed by atoms with Gasteiger partial charge >= 0.3 is 11.9 Å². The summed E-state index contributed by atoms with van der Waals surface area (Å²) in [5.41, 5.74) is -1.89. The number of rotatable bonds is 5. The highest BCUT2D eigenvalue weighted by Crippen LogP contribution is 2.79. The van der Waals surface area contributed by atoms with Gasteiger partial charge in [0.1, 0.15) is 5.60 Å². The molecule has 5 rings (SSSR count). The number of hydrogen-bond donors (Lipinski definition) is 0. The van der Waals surface area contributed by atoms with Gasteiger partial charge in [0.05, 0.1) is 30.1 Å². The Balaban J connectivity index is 1.64. The summed E-state index contributed by atoms with van der Waals surface area (Å²) in [5.74, 6) is -0.294. The van der Waals surface area contributed by atoms with Crippen LogP contribution in [0.4, 0.5) is 0 Å². The van der Waals surface area contributed by atoms with Crippen molar-refractivity contribution in [2.45, 2.75) is 109 Å². The van der Waals surface area contributed by atoms with E-state index in [1.807, 2.05) is 6.92 Å². The van der Waals surface area contributed by atoms with Crippen molar-refractivity contribution in [1.82, 2.24) is 0 Å². The lowest BCUT2D eigenvalue weighted by molar-refractivity contribution is -0.163. The number of carbonyl (C=O) groups is 2. The van der Waals surface area contributed by atoms with Gasteiger partial charge in [-0.3, -0.25) is 9.59 Å². The third-order valence-electron chi connectivity index (χ3n) is 10.1. The highest BCUT2D eigenvalue weighted by molar-refractivity contribution is 6.70. The predicted molar refractivity (Wildman–Crippen MR) is 134 cm³/mol. The van der Waals surface area contributed by atoms with E-state index in [-0.39, 0.29) is 46.8 Å². The molecule has 0 N–H and O–H groups in total. The Kier molecular flexibility index (Phi) is 5.28. The predicted octanol–water partition coefficient (Wildman–Crippen LogP) is 5.14. The lowest BCUT2D eigenvalue weighted by Gasteiger charge is -2.47. The second-order valence-corrected chi connectivity index (χ2v) is 23.2. The molecule has 1 spiro atoms. The van der Waals surface area contributed by atoms with Crippen LogP contribution in [0.2, 0.25) is 39.3 Å². The quantitative estimate of drug-likeness (QED) is 0.378. The molecule has 6 nitrogen and oxygen atoms in total. The molecule has 4 bridgehead atoms. The highest BCUT2D eigenvalue weighted by atomic mass is 28.4. The van der Waals surface area contributed by atoms with E-state index in [1.165, 1.54) is 7.11 Å². The first-order valence-corrected chi connectivity index (χ1v) is 20.0. The van der Waals surface area contributed by atoms with Gasteiger partial charge in [0.2, 0.25) is 0 Å². The molecular formula is C26H44O6Si2. The molecular weight excluding hydrogens is 464 g/mol. The largest absolute Gasteiger partial charge is 0.469 e. The van der Waals surface area contributed by atoms with Crippen LogP contribution < -0.4 is 0 Å². The maximum Gasteiger partial charge on any atom is 0.315 e. The van der Waals surface area contributed by atoms with Gasteiger partial charge in [-0.15, -0.1) is 0 Å². The summed E-state index contributed by atoms with van der Waals surface area (Å²) in [4.78, 5) is 27.4. The first-order chi connectivity index (χ1) is 15.5. The molecule has 4 aliphatic carbocycles. The van der Waals surface area contributed by atoms with E-state index in [1.54, 1.807) is 0 Å². The van der Waals surface area contributed by atoms with E-state index in [9.17, 15) is 9.59 Å². The van der Waals surface area contributed by atoms with Crippen molar-refractivity contribution in [2.75, 3.05) is 7.11 Å². The lowest BCUT2D eigenvalue weighted by Crippen LogP contribution is -2.56. The Morgan fingerprint density at radius 2 is 1.71 bits per heavy atom. The number of carbonyl (C=O) groups excluding carboxylic acids is 2. The first-order valence-electron chi connectivity index (χ1n) is 13.2. The molecule has 1 saturated heterocycles. The van der Waals surface area contributed by atoms with Gasteiger partial charge in [-0.2, -0.15) is 0 Å². The molecule has 0 radical (unpaired) electrons. The van der Waals surface area contributed by atoms with E-state index in [0.717, 1.165) is 38.5 Å². The molecule has 4 unspecified atom stereocenters. The first kappa shape index (κ1) is 25.0. The average molecular weight is 509 g/mol. The number of methoxy groups -OCH3 is 1. The summed E-state index contributed by atoms with van der Waals surface area (Å²) in [6, 6.07) is 0. The van der Waals surface area contributed by atoms with Gasteiger partial charge in [0, 0.05) is 11.8 Å². The third-order valence-corrected chi connectivity index (χ3v) is 12.1. The van der Waals surface area contributed by atoms with E-state index in [0.29, 0.717) is 5.92 Å². The Labute approximate surface area is 207 Å². The number of ether oxygens (including phenoxy) is 2. The summed E-state index contributed by atoms with van der Waals surface area (Å²) < 4.78 is 25.6. The van der Waals surface area contributed by atoms with Crippen molar-refractivity contribution in [2.24, 2.45) is 34.5 Å². The van der Waals surface area contributed by atoms with Crippen LogP contribution in [0.15, 0.2) is 0 Å². The van der Waals surface area contributed by atoms with E-state index in [4.69, 9.17) is 18.3 Å². The summed E-state index contributed by atoms with van der Waals surface area (Å²) >= 11 is 0.